The van der Waals surface area contributed by atoms with Crippen molar-refractivity contribution in [2.45, 2.75) is 13.2 Å². The summed E-state index contributed by atoms with van der Waals surface area (Å²) >= 11 is 6.72. The maximum absolute atomic E-state index is 13.3. The number of ether oxygens (including phenoxy) is 2. The quantitative estimate of drug-likeness (QED) is 0.325. The molecule has 0 aromatic heterocycles. The number of thiocarbonyl (C=S) groups is 1. The van der Waals surface area contributed by atoms with Crippen LogP contribution in [0.4, 0.5) is 4.39 Å². The lowest BCUT2D eigenvalue weighted by Gasteiger charge is -2.14. The van der Waals surface area contributed by atoms with Crippen LogP contribution >= 0.6 is 24.0 Å². The van der Waals surface area contributed by atoms with E-state index in [0.29, 0.717) is 21.5 Å². The molecule has 1 amide bonds. The topological polar surface area (TPSA) is 38.8 Å². The number of halogens is 1. The van der Waals surface area contributed by atoms with E-state index in [0.717, 1.165) is 22.4 Å². The summed E-state index contributed by atoms with van der Waals surface area (Å²) in [6, 6.07) is 21.3. The van der Waals surface area contributed by atoms with Gasteiger partial charge in [0.05, 0.1) is 18.6 Å². The van der Waals surface area contributed by atoms with Gasteiger partial charge in [-0.2, -0.15) is 0 Å². The minimum atomic E-state index is -0.286. The number of benzene rings is 3. The molecule has 4 nitrogen and oxygen atoms in total. The number of nitrogens with zero attached hydrogens (tertiary/aromatic N) is 1. The Morgan fingerprint density at radius 3 is 2.41 bits per heavy atom. The zero-order valence-corrected chi connectivity index (χ0v) is 18.9. The second kappa shape index (κ2) is 9.97. The van der Waals surface area contributed by atoms with Crippen LogP contribution in [0.5, 0.6) is 11.5 Å². The van der Waals surface area contributed by atoms with E-state index in [9.17, 15) is 9.18 Å². The lowest BCUT2D eigenvalue weighted by atomic mass is 10.2. The van der Waals surface area contributed by atoms with Gasteiger partial charge in [0.25, 0.3) is 5.91 Å². The van der Waals surface area contributed by atoms with E-state index < -0.39 is 0 Å². The molecule has 3 aromatic carbocycles. The molecule has 0 bridgehead atoms. The zero-order chi connectivity index (χ0) is 22.5. The number of hydrogen-bond donors (Lipinski definition) is 0. The van der Waals surface area contributed by atoms with Crippen molar-refractivity contribution in [1.82, 2.24) is 4.90 Å². The molecule has 1 aliphatic rings. The highest BCUT2D eigenvalue weighted by atomic mass is 32.2. The highest BCUT2D eigenvalue weighted by molar-refractivity contribution is 8.26. The highest BCUT2D eigenvalue weighted by Crippen LogP contribution is 2.34. The van der Waals surface area contributed by atoms with Crippen LogP contribution in [-0.4, -0.2) is 22.2 Å². The maximum atomic E-state index is 13.3. The molecule has 32 heavy (non-hydrogen) atoms. The molecule has 162 valence electrons. The fourth-order valence-corrected chi connectivity index (χ4v) is 4.41. The van der Waals surface area contributed by atoms with Gasteiger partial charge in [-0.15, -0.1) is 0 Å². The number of hydrogen-bond acceptors (Lipinski definition) is 5. The van der Waals surface area contributed by atoms with E-state index in [1.165, 1.54) is 23.9 Å². The van der Waals surface area contributed by atoms with Crippen LogP contribution in [0.2, 0.25) is 0 Å². The van der Waals surface area contributed by atoms with Gasteiger partial charge in [-0.3, -0.25) is 9.69 Å². The lowest BCUT2D eigenvalue weighted by molar-refractivity contribution is -0.122. The van der Waals surface area contributed by atoms with E-state index in [2.05, 4.69) is 0 Å². The molecule has 4 rings (SSSR count). The van der Waals surface area contributed by atoms with E-state index in [-0.39, 0.29) is 18.3 Å². The molecular formula is C25H20FNO3S2. The number of rotatable bonds is 7. The predicted octanol–water partition coefficient (Wildman–Crippen LogP) is 5.81. The summed E-state index contributed by atoms with van der Waals surface area (Å²) in [7, 11) is 1.62. The highest BCUT2D eigenvalue weighted by Gasteiger charge is 2.31. The van der Waals surface area contributed by atoms with Crippen LogP contribution < -0.4 is 9.47 Å². The molecule has 0 atom stereocenters. The van der Waals surface area contributed by atoms with Gasteiger partial charge in [-0.1, -0.05) is 60.4 Å². The molecule has 0 N–H and O–H groups in total. The third-order valence-electron chi connectivity index (χ3n) is 4.85. The van der Waals surface area contributed by atoms with Gasteiger partial charge in [-0.05, 0) is 59.2 Å². The molecule has 0 radical (unpaired) electrons. The second-order valence-electron chi connectivity index (χ2n) is 7.10. The number of carbonyl (C=O) groups is 1. The van der Waals surface area contributed by atoms with Crippen molar-refractivity contribution < 1.29 is 18.7 Å². The average Bonchev–Trinajstić information content (AvgIpc) is 3.06. The monoisotopic (exact) mass is 465 g/mol. The number of methoxy groups -OCH3 is 1. The molecule has 0 unspecified atom stereocenters. The van der Waals surface area contributed by atoms with Crippen molar-refractivity contribution in [2.24, 2.45) is 0 Å². The first-order valence-electron chi connectivity index (χ1n) is 9.87. The van der Waals surface area contributed by atoms with Crippen LogP contribution in [0.1, 0.15) is 16.7 Å². The Kier molecular flexibility index (Phi) is 6.87. The standard InChI is InChI=1S/C25H20FNO3S2/c1-29-21-9-7-18(8-10-21)15-27-24(28)23(32-25(27)31)14-17-5-11-22(12-6-17)30-16-19-3-2-4-20(26)13-19/h2-14H,15-16H2,1H3. The van der Waals surface area contributed by atoms with Crippen LogP contribution in [0.25, 0.3) is 6.08 Å². The predicted molar refractivity (Wildman–Crippen MR) is 129 cm³/mol. The summed E-state index contributed by atoms with van der Waals surface area (Å²) in [4.78, 5) is 15.1. The summed E-state index contributed by atoms with van der Waals surface area (Å²) in [5.74, 6) is 1.04. The lowest BCUT2D eigenvalue weighted by Crippen LogP contribution is -2.27. The van der Waals surface area contributed by atoms with Gasteiger partial charge in [0.1, 0.15) is 28.2 Å². The first kappa shape index (κ1) is 22.0. The molecule has 1 heterocycles. The van der Waals surface area contributed by atoms with Crippen molar-refractivity contribution in [3.05, 3.63) is 100 Å². The molecule has 0 aliphatic carbocycles. The summed E-state index contributed by atoms with van der Waals surface area (Å²) in [6.45, 7) is 0.694. The Labute approximate surface area is 195 Å². The SMILES string of the molecule is COc1ccc(CN2C(=O)C(=Cc3ccc(OCc4cccc(F)c4)cc3)SC2=S)cc1. The molecule has 1 saturated heterocycles. The van der Waals surface area contributed by atoms with Gasteiger partial charge in [-0.25, -0.2) is 4.39 Å². The van der Waals surface area contributed by atoms with Crippen molar-refractivity contribution >= 4 is 40.3 Å². The number of thioether (sulfide) groups is 1. The van der Waals surface area contributed by atoms with Crippen molar-refractivity contribution in [3.8, 4) is 11.5 Å². The Hall–Kier alpha value is -3.16. The van der Waals surface area contributed by atoms with Gasteiger partial charge in [0.2, 0.25) is 0 Å². The third-order valence-corrected chi connectivity index (χ3v) is 6.22. The molecule has 0 saturated carbocycles. The molecule has 1 fully saturated rings. The Bertz CT molecular complexity index is 1160. The average molecular weight is 466 g/mol. The summed E-state index contributed by atoms with van der Waals surface area (Å²) in [5.41, 5.74) is 2.60. The number of amides is 1. The van der Waals surface area contributed by atoms with Crippen LogP contribution in [0, 0.1) is 5.82 Å². The van der Waals surface area contributed by atoms with E-state index in [4.69, 9.17) is 21.7 Å². The second-order valence-corrected chi connectivity index (χ2v) is 8.78. The Morgan fingerprint density at radius 2 is 1.72 bits per heavy atom. The minimum absolute atomic E-state index is 0.109. The molecule has 0 spiro atoms. The summed E-state index contributed by atoms with van der Waals surface area (Å²) in [6.07, 6.45) is 1.82. The molecular weight excluding hydrogens is 445 g/mol. The zero-order valence-electron chi connectivity index (χ0n) is 17.3. The van der Waals surface area contributed by atoms with Gasteiger partial charge in [0, 0.05) is 0 Å². The first-order chi connectivity index (χ1) is 15.5. The number of carbonyl (C=O) groups excluding carboxylic acids is 1. The summed E-state index contributed by atoms with van der Waals surface area (Å²) < 4.78 is 24.7. The minimum Gasteiger partial charge on any atom is -0.497 e. The normalized spacial score (nSPS) is 14.8. The summed E-state index contributed by atoms with van der Waals surface area (Å²) in [5, 5.41) is 0. The fourth-order valence-electron chi connectivity index (χ4n) is 3.15. The van der Waals surface area contributed by atoms with Gasteiger partial charge < -0.3 is 9.47 Å². The molecule has 7 heteroatoms. The molecule has 1 aliphatic heterocycles. The van der Waals surface area contributed by atoms with Crippen molar-refractivity contribution in [3.63, 3.8) is 0 Å². The third kappa shape index (κ3) is 5.36. The Morgan fingerprint density at radius 1 is 1.00 bits per heavy atom. The van der Waals surface area contributed by atoms with Gasteiger partial charge >= 0.3 is 0 Å². The van der Waals surface area contributed by atoms with Crippen molar-refractivity contribution in [2.75, 3.05) is 7.11 Å². The smallest absolute Gasteiger partial charge is 0.266 e. The van der Waals surface area contributed by atoms with E-state index in [1.807, 2.05) is 60.7 Å². The van der Waals surface area contributed by atoms with Crippen LogP contribution in [0.15, 0.2) is 77.7 Å². The Balaban J connectivity index is 1.39. The largest absolute Gasteiger partial charge is 0.497 e. The van der Waals surface area contributed by atoms with Gasteiger partial charge in [0.15, 0.2) is 0 Å². The van der Waals surface area contributed by atoms with Crippen LogP contribution in [-0.2, 0) is 17.9 Å². The fraction of sp³-hybridized carbons (Fsp3) is 0.120. The maximum Gasteiger partial charge on any atom is 0.266 e. The van der Waals surface area contributed by atoms with E-state index >= 15 is 0 Å². The van der Waals surface area contributed by atoms with Crippen LogP contribution in [0.3, 0.4) is 0 Å². The van der Waals surface area contributed by atoms with Crippen molar-refractivity contribution in [1.29, 1.82) is 0 Å². The first-order valence-corrected chi connectivity index (χ1v) is 11.1. The molecule has 3 aromatic rings. The van der Waals surface area contributed by atoms with E-state index in [1.54, 1.807) is 18.1 Å².